The second-order valence-corrected chi connectivity index (χ2v) is 8.75. The molecule has 0 radical (unpaired) electrons. The third-order valence-electron chi connectivity index (χ3n) is 4.95. The van der Waals surface area contributed by atoms with Gasteiger partial charge in [0.05, 0.1) is 32.0 Å². The fourth-order valence-corrected chi connectivity index (χ4v) is 4.45. The summed E-state index contributed by atoms with van der Waals surface area (Å²) in [6, 6.07) is 1.42. The Labute approximate surface area is 193 Å². The lowest BCUT2D eigenvalue weighted by molar-refractivity contribution is -0.141. The van der Waals surface area contributed by atoms with Crippen molar-refractivity contribution in [3.8, 4) is 0 Å². The van der Waals surface area contributed by atoms with E-state index in [2.05, 4.69) is 20.9 Å². The number of rotatable bonds is 6. The van der Waals surface area contributed by atoms with E-state index >= 15 is 0 Å². The van der Waals surface area contributed by atoms with Crippen molar-refractivity contribution in [2.45, 2.75) is 25.6 Å². The van der Waals surface area contributed by atoms with Crippen molar-refractivity contribution in [2.24, 2.45) is 5.92 Å². The van der Waals surface area contributed by atoms with Crippen LogP contribution in [-0.2, 0) is 11.3 Å². The molecule has 3 aromatic rings. The van der Waals surface area contributed by atoms with Gasteiger partial charge in [-0.2, -0.15) is 13.2 Å². The van der Waals surface area contributed by atoms with E-state index in [0.29, 0.717) is 9.27 Å². The molecule has 3 N–H and O–H groups in total. The van der Waals surface area contributed by atoms with Crippen LogP contribution in [0.1, 0.15) is 23.2 Å². The van der Waals surface area contributed by atoms with Crippen LogP contribution in [-0.4, -0.2) is 34.6 Å². The summed E-state index contributed by atoms with van der Waals surface area (Å²) in [7, 11) is 1.42. The van der Waals surface area contributed by atoms with Crippen LogP contribution in [0, 0.1) is 5.92 Å². The molecule has 3 aromatic heterocycles. The molecular weight excluding hydrogens is 483 g/mol. The Bertz CT molecular complexity index is 1320. The highest BCUT2D eigenvalue weighted by atomic mass is 35.5. The normalized spacial score (nSPS) is 13.7. The molecule has 0 bridgehead atoms. The lowest BCUT2D eigenvalue weighted by atomic mass is 10.2. The van der Waals surface area contributed by atoms with E-state index in [-0.39, 0.29) is 45.0 Å². The van der Waals surface area contributed by atoms with E-state index in [1.54, 1.807) is 0 Å². The predicted octanol–water partition coefficient (Wildman–Crippen LogP) is 4.13. The Morgan fingerprint density at radius 1 is 1.30 bits per heavy atom. The van der Waals surface area contributed by atoms with E-state index in [4.69, 9.17) is 11.6 Å². The van der Waals surface area contributed by atoms with E-state index < -0.39 is 24.2 Å². The van der Waals surface area contributed by atoms with Crippen molar-refractivity contribution in [3.63, 3.8) is 0 Å². The molecule has 1 aliphatic carbocycles. The molecule has 0 unspecified atom stereocenters. The second kappa shape index (κ2) is 8.67. The third-order valence-corrected chi connectivity index (χ3v) is 6.36. The van der Waals surface area contributed by atoms with Crippen LogP contribution in [0.25, 0.3) is 10.1 Å². The SMILES string of the molecule is CNC(=O)c1cnc(NC(=O)C2CC2)cc1Nc1csc2c(Cl)cn(CC(F)(F)F)c(=O)c12. The van der Waals surface area contributed by atoms with Crippen LogP contribution in [0.5, 0.6) is 0 Å². The van der Waals surface area contributed by atoms with Crippen LogP contribution >= 0.6 is 22.9 Å². The highest BCUT2D eigenvalue weighted by Crippen LogP contribution is 2.36. The number of aromatic nitrogens is 2. The smallest absolute Gasteiger partial charge is 0.355 e. The number of amides is 2. The van der Waals surface area contributed by atoms with Crippen LogP contribution in [0.15, 0.2) is 28.6 Å². The summed E-state index contributed by atoms with van der Waals surface area (Å²) in [5.41, 5.74) is -0.390. The Morgan fingerprint density at radius 3 is 2.67 bits per heavy atom. The maximum absolute atomic E-state index is 12.9. The Morgan fingerprint density at radius 2 is 2.03 bits per heavy atom. The van der Waals surface area contributed by atoms with Gasteiger partial charge >= 0.3 is 6.18 Å². The first-order valence-corrected chi connectivity index (χ1v) is 11.0. The van der Waals surface area contributed by atoms with Crippen molar-refractivity contribution in [2.75, 3.05) is 17.7 Å². The highest BCUT2D eigenvalue weighted by molar-refractivity contribution is 7.18. The molecule has 0 spiro atoms. The minimum absolute atomic E-state index is 0.00876. The van der Waals surface area contributed by atoms with Gasteiger partial charge in [-0.15, -0.1) is 11.3 Å². The van der Waals surface area contributed by atoms with Gasteiger partial charge < -0.3 is 20.5 Å². The van der Waals surface area contributed by atoms with E-state index in [0.717, 1.165) is 30.4 Å². The van der Waals surface area contributed by atoms with E-state index in [9.17, 15) is 27.6 Å². The highest BCUT2D eigenvalue weighted by Gasteiger charge is 2.31. The number of alkyl halides is 3. The molecule has 0 atom stereocenters. The summed E-state index contributed by atoms with van der Waals surface area (Å²) in [5, 5.41) is 9.54. The molecule has 1 fully saturated rings. The lowest BCUT2D eigenvalue weighted by Crippen LogP contribution is -2.28. The minimum atomic E-state index is -4.61. The van der Waals surface area contributed by atoms with Crippen molar-refractivity contribution in [1.29, 1.82) is 0 Å². The molecule has 1 aliphatic rings. The summed E-state index contributed by atoms with van der Waals surface area (Å²) >= 11 is 7.21. The number of pyridine rings is 2. The molecule has 0 aromatic carbocycles. The number of halogens is 4. The van der Waals surface area contributed by atoms with Gasteiger partial charge in [0.2, 0.25) is 5.91 Å². The fourth-order valence-electron chi connectivity index (χ4n) is 3.21. The minimum Gasteiger partial charge on any atom is -0.355 e. The standard InChI is InChI=1S/C20H17ClF3N5O3S/c1-25-18(31)10-5-26-14(28-17(30)9-2-3-9)4-12(10)27-13-7-33-16-11(21)6-29(8-20(22,23)24)19(32)15(13)16/h4-7,9H,2-3,8H2,1H3,(H,25,31)(H2,26,27,28,30). The van der Waals surface area contributed by atoms with Gasteiger partial charge in [-0.3, -0.25) is 14.4 Å². The molecule has 3 heterocycles. The molecule has 4 rings (SSSR count). The maximum atomic E-state index is 12.9. The van der Waals surface area contributed by atoms with Gasteiger partial charge in [-0.05, 0) is 12.8 Å². The summed E-state index contributed by atoms with van der Waals surface area (Å²) in [5.74, 6) is -0.563. The number of hydrogen-bond donors (Lipinski definition) is 3. The van der Waals surface area contributed by atoms with E-state index in [1.807, 2.05) is 0 Å². The molecule has 1 saturated carbocycles. The number of carbonyl (C=O) groups excluding carboxylic acids is 2. The Kier molecular flexibility index (Phi) is 6.06. The molecule has 13 heteroatoms. The molecule has 0 saturated heterocycles. The molecule has 174 valence electrons. The first-order chi connectivity index (χ1) is 15.6. The van der Waals surface area contributed by atoms with E-state index in [1.165, 1.54) is 24.7 Å². The molecule has 2 amide bonds. The summed E-state index contributed by atoms with van der Waals surface area (Å²) in [6.45, 7) is -1.49. The largest absolute Gasteiger partial charge is 0.406 e. The van der Waals surface area contributed by atoms with Crippen molar-refractivity contribution in [1.82, 2.24) is 14.9 Å². The Balaban J connectivity index is 1.77. The first-order valence-electron chi connectivity index (χ1n) is 9.74. The maximum Gasteiger partial charge on any atom is 0.406 e. The molecular formula is C20H17ClF3N5O3S. The number of anilines is 3. The number of hydrogen-bond acceptors (Lipinski definition) is 6. The zero-order valence-electron chi connectivity index (χ0n) is 17.0. The number of thiophene rings is 1. The summed E-state index contributed by atoms with van der Waals surface area (Å²) in [6.07, 6.45) is -0.824. The predicted molar refractivity (Wildman–Crippen MR) is 119 cm³/mol. The Hall–Kier alpha value is -3.12. The van der Waals surface area contributed by atoms with Gasteiger partial charge in [0.1, 0.15) is 12.4 Å². The quantitative estimate of drug-likeness (QED) is 0.473. The number of fused-ring (bicyclic) bond motifs is 1. The fraction of sp³-hybridized carbons (Fsp3) is 0.300. The first kappa shape index (κ1) is 23.1. The van der Waals surface area contributed by atoms with Gasteiger partial charge in [-0.1, -0.05) is 11.6 Å². The summed E-state index contributed by atoms with van der Waals surface area (Å²) < 4.78 is 39.5. The molecule has 33 heavy (non-hydrogen) atoms. The monoisotopic (exact) mass is 499 g/mol. The van der Waals surface area contributed by atoms with Crippen molar-refractivity contribution >= 4 is 62.0 Å². The number of nitrogens with one attached hydrogen (secondary N) is 3. The second-order valence-electron chi connectivity index (χ2n) is 7.46. The van der Waals surface area contributed by atoms with Gasteiger partial charge in [0.15, 0.2) is 0 Å². The summed E-state index contributed by atoms with van der Waals surface area (Å²) in [4.78, 5) is 41.3. The lowest BCUT2D eigenvalue weighted by Gasteiger charge is -2.14. The van der Waals surface area contributed by atoms with Gasteiger partial charge in [0.25, 0.3) is 11.5 Å². The zero-order chi connectivity index (χ0) is 23.9. The number of nitrogens with zero attached hydrogens (tertiary/aromatic N) is 2. The van der Waals surface area contributed by atoms with Crippen molar-refractivity contribution < 1.29 is 22.8 Å². The number of carbonyl (C=O) groups is 2. The molecule has 8 nitrogen and oxygen atoms in total. The van der Waals surface area contributed by atoms with Crippen LogP contribution in [0.3, 0.4) is 0 Å². The van der Waals surface area contributed by atoms with Crippen LogP contribution in [0.2, 0.25) is 5.02 Å². The van der Waals surface area contributed by atoms with Crippen LogP contribution < -0.4 is 21.5 Å². The topological polar surface area (TPSA) is 105 Å². The van der Waals surface area contributed by atoms with Crippen molar-refractivity contribution in [3.05, 3.63) is 44.8 Å². The van der Waals surface area contributed by atoms with Gasteiger partial charge in [0, 0.05) is 36.8 Å². The zero-order valence-corrected chi connectivity index (χ0v) is 18.6. The average Bonchev–Trinajstić information content (AvgIpc) is 3.51. The third kappa shape index (κ3) is 4.96. The van der Waals surface area contributed by atoms with Gasteiger partial charge in [-0.25, -0.2) is 4.98 Å². The molecule has 0 aliphatic heterocycles. The van der Waals surface area contributed by atoms with Crippen LogP contribution in [0.4, 0.5) is 30.4 Å². The average molecular weight is 500 g/mol.